The number of benzene rings is 1. The zero-order chi connectivity index (χ0) is 13.1. The molecule has 5 heteroatoms. The second-order valence-electron chi connectivity index (χ2n) is 4.31. The summed E-state index contributed by atoms with van der Waals surface area (Å²) in [5.41, 5.74) is 0.415. The Labute approximate surface area is 114 Å². The molecule has 1 fully saturated rings. The summed E-state index contributed by atoms with van der Waals surface area (Å²) in [4.78, 5) is 13.9. The van der Waals surface area contributed by atoms with Gasteiger partial charge in [-0.15, -0.1) is 0 Å². The molecule has 0 saturated carbocycles. The molecule has 0 radical (unpaired) electrons. The zero-order valence-corrected chi connectivity index (χ0v) is 11.4. The molecule has 94 valence electrons. The highest BCUT2D eigenvalue weighted by Gasteiger charge is 2.27. The van der Waals surface area contributed by atoms with E-state index in [1.165, 1.54) is 6.07 Å². The number of hydrogen-bond donors (Lipinski definition) is 1. The van der Waals surface area contributed by atoms with Gasteiger partial charge in [-0.05, 0) is 53.4 Å². The minimum absolute atomic E-state index is 0.0337. The van der Waals surface area contributed by atoms with E-state index in [-0.39, 0.29) is 17.7 Å². The maximum absolute atomic E-state index is 12.3. The van der Waals surface area contributed by atoms with Crippen LogP contribution in [0.5, 0.6) is 5.75 Å². The van der Waals surface area contributed by atoms with Gasteiger partial charge in [-0.3, -0.25) is 4.79 Å². The predicted molar refractivity (Wildman–Crippen MR) is 70.1 cm³/mol. The third-order valence-corrected chi connectivity index (χ3v) is 3.78. The molecule has 1 aliphatic rings. The van der Waals surface area contributed by atoms with Gasteiger partial charge in [-0.25, -0.2) is 0 Å². The van der Waals surface area contributed by atoms with Gasteiger partial charge in [0.05, 0.1) is 10.5 Å². The van der Waals surface area contributed by atoms with Crippen LogP contribution in [0.3, 0.4) is 0 Å². The van der Waals surface area contributed by atoms with Gasteiger partial charge in [0.2, 0.25) is 0 Å². The van der Waals surface area contributed by atoms with E-state index in [4.69, 9.17) is 5.26 Å². The Morgan fingerprint density at radius 1 is 1.50 bits per heavy atom. The van der Waals surface area contributed by atoms with Gasteiger partial charge < -0.3 is 10.0 Å². The molecule has 1 aromatic rings. The first-order chi connectivity index (χ1) is 8.63. The van der Waals surface area contributed by atoms with E-state index >= 15 is 0 Å². The number of amides is 1. The van der Waals surface area contributed by atoms with Crippen LogP contribution >= 0.6 is 15.9 Å². The fourth-order valence-electron chi connectivity index (χ4n) is 2.12. The molecule has 1 unspecified atom stereocenters. The summed E-state index contributed by atoms with van der Waals surface area (Å²) in [5, 5.41) is 18.6. The van der Waals surface area contributed by atoms with E-state index in [0.29, 0.717) is 16.6 Å². The first kappa shape index (κ1) is 12.9. The molecule has 1 N–H and O–H groups in total. The molecule has 2 rings (SSSR count). The number of carbonyl (C=O) groups excluding carboxylic acids is 1. The van der Waals surface area contributed by atoms with Crippen LogP contribution in [0.25, 0.3) is 0 Å². The predicted octanol–water partition coefficient (Wildman–Crippen LogP) is 2.67. The minimum Gasteiger partial charge on any atom is -0.507 e. The van der Waals surface area contributed by atoms with Crippen molar-refractivity contribution in [2.75, 3.05) is 6.54 Å². The van der Waals surface area contributed by atoms with Crippen molar-refractivity contribution in [3.63, 3.8) is 0 Å². The summed E-state index contributed by atoms with van der Waals surface area (Å²) >= 11 is 3.17. The molecule has 1 aromatic carbocycles. The molecule has 1 amide bonds. The lowest BCUT2D eigenvalue weighted by atomic mass is 10.0. The van der Waals surface area contributed by atoms with Crippen molar-refractivity contribution in [2.24, 2.45) is 0 Å². The summed E-state index contributed by atoms with van der Waals surface area (Å²) < 4.78 is 0.550. The Morgan fingerprint density at radius 2 is 2.28 bits per heavy atom. The second-order valence-corrected chi connectivity index (χ2v) is 5.16. The molecule has 0 spiro atoms. The van der Waals surface area contributed by atoms with Gasteiger partial charge >= 0.3 is 0 Å². The van der Waals surface area contributed by atoms with Gasteiger partial charge in [0.15, 0.2) is 0 Å². The van der Waals surface area contributed by atoms with Crippen molar-refractivity contribution >= 4 is 21.8 Å². The number of carbonyl (C=O) groups is 1. The highest BCUT2D eigenvalue weighted by molar-refractivity contribution is 9.10. The number of likely N-dealkylation sites (tertiary alicyclic amines) is 1. The zero-order valence-electron chi connectivity index (χ0n) is 9.77. The molecule has 1 aliphatic heterocycles. The second kappa shape index (κ2) is 5.40. The molecular formula is C13H13BrN2O2. The van der Waals surface area contributed by atoms with E-state index in [2.05, 4.69) is 22.0 Å². The van der Waals surface area contributed by atoms with Gasteiger partial charge in [-0.2, -0.15) is 5.26 Å². The number of phenolic OH excluding ortho intramolecular Hbond substituents is 1. The van der Waals surface area contributed by atoms with Gasteiger partial charge in [0.1, 0.15) is 11.8 Å². The summed E-state index contributed by atoms with van der Waals surface area (Å²) in [5.74, 6) is -0.157. The smallest absolute Gasteiger partial charge is 0.255 e. The summed E-state index contributed by atoms with van der Waals surface area (Å²) in [6, 6.07) is 6.52. The topological polar surface area (TPSA) is 64.3 Å². The maximum Gasteiger partial charge on any atom is 0.255 e. The summed E-state index contributed by atoms with van der Waals surface area (Å²) in [6.45, 7) is 0.605. The summed E-state index contributed by atoms with van der Waals surface area (Å²) in [7, 11) is 0. The number of halogens is 1. The van der Waals surface area contributed by atoms with Crippen molar-refractivity contribution < 1.29 is 9.90 Å². The fraction of sp³-hybridized carbons (Fsp3) is 0.385. The molecule has 0 bridgehead atoms. The van der Waals surface area contributed by atoms with Crippen molar-refractivity contribution in [1.29, 1.82) is 5.26 Å². The highest BCUT2D eigenvalue weighted by Crippen LogP contribution is 2.26. The lowest BCUT2D eigenvalue weighted by molar-refractivity contribution is 0.0670. The number of nitrogens with zero attached hydrogens (tertiary/aromatic N) is 2. The molecular weight excluding hydrogens is 296 g/mol. The third kappa shape index (κ3) is 2.49. The van der Waals surface area contributed by atoms with Crippen molar-refractivity contribution in [1.82, 2.24) is 4.90 Å². The van der Waals surface area contributed by atoms with E-state index in [9.17, 15) is 9.90 Å². The van der Waals surface area contributed by atoms with Crippen LogP contribution in [0.1, 0.15) is 29.6 Å². The first-order valence-corrected chi connectivity index (χ1v) is 6.62. The van der Waals surface area contributed by atoms with Crippen LogP contribution in [0.2, 0.25) is 0 Å². The van der Waals surface area contributed by atoms with Crippen LogP contribution in [-0.4, -0.2) is 28.5 Å². The van der Waals surface area contributed by atoms with Crippen molar-refractivity contribution in [3.05, 3.63) is 28.2 Å². The Balaban J connectivity index is 2.24. The molecule has 1 atom stereocenters. The maximum atomic E-state index is 12.3. The Morgan fingerprint density at radius 3 is 2.94 bits per heavy atom. The van der Waals surface area contributed by atoms with Gasteiger partial charge in [-0.1, -0.05) is 0 Å². The number of rotatable bonds is 1. The molecule has 1 saturated heterocycles. The van der Waals surface area contributed by atoms with Gasteiger partial charge in [0, 0.05) is 12.1 Å². The number of nitriles is 1. The van der Waals surface area contributed by atoms with Crippen LogP contribution < -0.4 is 0 Å². The number of piperidine rings is 1. The molecule has 0 aliphatic carbocycles. The van der Waals surface area contributed by atoms with Crippen molar-refractivity contribution in [2.45, 2.75) is 25.3 Å². The Bertz CT molecular complexity index is 510. The Kier molecular flexibility index (Phi) is 3.87. The van der Waals surface area contributed by atoms with Crippen LogP contribution in [0.4, 0.5) is 0 Å². The monoisotopic (exact) mass is 308 g/mol. The van der Waals surface area contributed by atoms with Crippen molar-refractivity contribution in [3.8, 4) is 11.8 Å². The SMILES string of the molecule is N#CC1CCCCN1C(=O)c1ccc(Br)c(O)c1. The molecule has 18 heavy (non-hydrogen) atoms. The van der Waals surface area contributed by atoms with E-state index in [1.54, 1.807) is 17.0 Å². The molecule has 0 aromatic heterocycles. The largest absolute Gasteiger partial charge is 0.507 e. The number of hydrogen-bond acceptors (Lipinski definition) is 3. The molecule has 1 heterocycles. The third-order valence-electron chi connectivity index (χ3n) is 3.11. The fourth-order valence-corrected chi connectivity index (χ4v) is 2.37. The van der Waals surface area contributed by atoms with E-state index in [0.717, 1.165) is 19.3 Å². The quantitative estimate of drug-likeness (QED) is 0.867. The van der Waals surface area contributed by atoms with E-state index in [1.807, 2.05) is 0 Å². The van der Waals surface area contributed by atoms with Crippen LogP contribution in [0, 0.1) is 11.3 Å². The summed E-state index contributed by atoms with van der Waals surface area (Å²) in [6.07, 6.45) is 2.63. The average molecular weight is 309 g/mol. The minimum atomic E-state index is -0.350. The van der Waals surface area contributed by atoms with E-state index < -0.39 is 0 Å². The first-order valence-electron chi connectivity index (χ1n) is 5.82. The number of phenols is 1. The standard InChI is InChI=1S/C13H13BrN2O2/c14-11-5-4-9(7-12(11)17)13(18)16-6-2-1-3-10(16)8-15/h4-5,7,10,17H,1-3,6H2. The van der Waals surface area contributed by atoms with Crippen LogP contribution in [-0.2, 0) is 0 Å². The van der Waals surface area contributed by atoms with Crippen LogP contribution in [0.15, 0.2) is 22.7 Å². The van der Waals surface area contributed by atoms with Gasteiger partial charge in [0.25, 0.3) is 5.91 Å². The number of aromatic hydroxyl groups is 1. The Hall–Kier alpha value is -1.54. The normalized spacial score (nSPS) is 19.3. The average Bonchev–Trinajstić information content (AvgIpc) is 2.41. The lowest BCUT2D eigenvalue weighted by Gasteiger charge is -2.31. The molecule has 4 nitrogen and oxygen atoms in total. The highest BCUT2D eigenvalue weighted by atomic mass is 79.9. The lowest BCUT2D eigenvalue weighted by Crippen LogP contribution is -2.42.